The highest BCUT2D eigenvalue weighted by Crippen LogP contribution is 2.10. The van der Waals surface area contributed by atoms with Crippen LogP contribution >= 0.6 is 0 Å². The molecule has 1 aromatic heterocycles. The van der Waals surface area contributed by atoms with E-state index in [0.717, 1.165) is 38.0 Å². The highest BCUT2D eigenvalue weighted by molar-refractivity contribution is 5.92. The molecule has 0 aliphatic carbocycles. The van der Waals surface area contributed by atoms with Gasteiger partial charge >= 0.3 is 0 Å². The van der Waals surface area contributed by atoms with Gasteiger partial charge in [0.15, 0.2) is 0 Å². The Morgan fingerprint density at radius 2 is 1.90 bits per heavy atom. The van der Waals surface area contributed by atoms with E-state index >= 15 is 0 Å². The van der Waals surface area contributed by atoms with Gasteiger partial charge in [-0.2, -0.15) is 0 Å². The molecule has 0 radical (unpaired) electrons. The van der Waals surface area contributed by atoms with Crippen LogP contribution in [0.4, 0.5) is 5.95 Å². The van der Waals surface area contributed by atoms with Gasteiger partial charge in [0.05, 0.1) is 0 Å². The summed E-state index contributed by atoms with van der Waals surface area (Å²) in [5.74, 6) is 0.522. The molecule has 1 N–H and O–H groups in total. The summed E-state index contributed by atoms with van der Waals surface area (Å²) in [6, 6.07) is 1.74. The van der Waals surface area contributed by atoms with E-state index in [1.54, 1.807) is 6.07 Å². The molecule has 0 aromatic carbocycles. The van der Waals surface area contributed by atoms with Crippen LogP contribution in [0.5, 0.6) is 0 Å². The van der Waals surface area contributed by atoms with E-state index in [4.69, 9.17) is 0 Å². The van der Waals surface area contributed by atoms with E-state index in [-0.39, 0.29) is 5.91 Å². The van der Waals surface area contributed by atoms with Crippen molar-refractivity contribution in [2.75, 3.05) is 24.5 Å². The maximum absolute atomic E-state index is 12.1. The number of unbranched alkanes of at least 4 members (excludes halogenated alkanes) is 2. The van der Waals surface area contributed by atoms with Gasteiger partial charge in [0, 0.05) is 25.3 Å². The molecule has 0 aliphatic rings. The van der Waals surface area contributed by atoms with Crippen LogP contribution in [-0.2, 0) is 0 Å². The average Bonchev–Trinajstić information content (AvgIpc) is 2.44. The number of carbonyl (C=O) groups excluding carboxylic acids is 1. The molecule has 0 saturated carbocycles. The summed E-state index contributed by atoms with van der Waals surface area (Å²) >= 11 is 0. The first-order chi connectivity index (χ1) is 9.62. The Kier molecular flexibility index (Phi) is 6.98. The minimum Gasteiger partial charge on any atom is -0.351 e. The Labute approximate surface area is 121 Å². The number of aryl methyl sites for hydroxylation is 1. The summed E-state index contributed by atoms with van der Waals surface area (Å²) < 4.78 is 0. The molecule has 0 bridgehead atoms. The van der Waals surface area contributed by atoms with Gasteiger partial charge in [-0.25, -0.2) is 9.97 Å². The van der Waals surface area contributed by atoms with E-state index in [9.17, 15) is 4.79 Å². The third-order valence-electron chi connectivity index (χ3n) is 3.19. The predicted molar refractivity (Wildman–Crippen MR) is 82.2 cm³/mol. The molecule has 0 aliphatic heterocycles. The Hall–Kier alpha value is -1.65. The van der Waals surface area contributed by atoms with Crippen LogP contribution in [0.2, 0.25) is 0 Å². The average molecular weight is 278 g/mol. The highest BCUT2D eigenvalue weighted by atomic mass is 16.1. The van der Waals surface area contributed by atoms with Gasteiger partial charge in [-0.05, 0) is 33.3 Å². The van der Waals surface area contributed by atoms with Gasteiger partial charge in [0.25, 0.3) is 5.91 Å². The summed E-state index contributed by atoms with van der Waals surface area (Å²) in [5.41, 5.74) is 1.27. The van der Waals surface area contributed by atoms with E-state index in [0.29, 0.717) is 18.2 Å². The van der Waals surface area contributed by atoms with Crippen LogP contribution < -0.4 is 10.2 Å². The number of hydrogen-bond donors (Lipinski definition) is 1. The highest BCUT2D eigenvalue weighted by Gasteiger charge is 2.12. The molecule has 0 atom stereocenters. The van der Waals surface area contributed by atoms with E-state index in [2.05, 4.69) is 36.1 Å². The first-order valence-electron chi connectivity index (χ1n) is 7.51. The van der Waals surface area contributed by atoms with Crippen molar-refractivity contribution in [2.45, 2.75) is 47.0 Å². The monoisotopic (exact) mass is 278 g/mol. The molecule has 112 valence electrons. The van der Waals surface area contributed by atoms with Crippen molar-refractivity contribution in [1.82, 2.24) is 15.3 Å². The van der Waals surface area contributed by atoms with Crippen molar-refractivity contribution in [1.29, 1.82) is 0 Å². The molecular formula is C15H26N4O. The number of carbonyl (C=O) groups is 1. The Balaban J connectivity index is 2.76. The number of anilines is 1. The van der Waals surface area contributed by atoms with Crippen LogP contribution in [0.3, 0.4) is 0 Å². The van der Waals surface area contributed by atoms with Crippen molar-refractivity contribution in [3.8, 4) is 0 Å². The number of aromatic nitrogens is 2. The van der Waals surface area contributed by atoms with Crippen LogP contribution in [0.15, 0.2) is 6.07 Å². The SMILES string of the molecule is CCCCCNC(=O)c1cc(C)nc(N(CC)CC)n1. The first-order valence-corrected chi connectivity index (χ1v) is 7.51. The Bertz CT molecular complexity index is 430. The summed E-state index contributed by atoms with van der Waals surface area (Å²) in [6.45, 7) is 10.5. The van der Waals surface area contributed by atoms with E-state index < -0.39 is 0 Å². The van der Waals surface area contributed by atoms with E-state index in [1.165, 1.54) is 0 Å². The lowest BCUT2D eigenvalue weighted by Crippen LogP contribution is -2.28. The van der Waals surface area contributed by atoms with Crippen molar-refractivity contribution in [3.63, 3.8) is 0 Å². The molecule has 0 fully saturated rings. The quantitative estimate of drug-likeness (QED) is 0.742. The van der Waals surface area contributed by atoms with Gasteiger partial charge in [-0.3, -0.25) is 4.79 Å². The van der Waals surface area contributed by atoms with Crippen LogP contribution in [0, 0.1) is 6.92 Å². The van der Waals surface area contributed by atoms with E-state index in [1.807, 2.05) is 11.8 Å². The molecule has 0 spiro atoms. The van der Waals surface area contributed by atoms with Gasteiger partial charge in [-0.1, -0.05) is 19.8 Å². The zero-order chi connectivity index (χ0) is 15.0. The minimum absolute atomic E-state index is 0.111. The lowest BCUT2D eigenvalue weighted by Gasteiger charge is -2.19. The van der Waals surface area contributed by atoms with Crippen molar-refractivity contribution >= 4 is 11.9 Å². The number of hydrogen-bond acceptors (Lipinski definition) is 4. The predicted octanol–water partition coefficient (Wildman–Crippen LogP) is 2.55. The molecule has 20 heavy (non-hydrogen) atoms. The lowest BCUT2D eigenvalue weighted by atomic mass is 10.2. The number of amides is 1. The van der Waals surface area contributed by atoms with Gasteiger partial charge < -0.3 is 10.2 Å². The molecule has 0 saturated heterocycles. The second-order valence-electron chi connectivity index (χ2n) is 4.83. The molecule has 1 rings (SSSR count). The smallest absolute Gasteiger partial charge is 0.270 e. The fourth-order valence-corrected chi connectivity index (χ4v) is 1.98. The zero-order valence-corrected chi connectivity index (χ0v) is 13.1. The topological polar surface area (TPSA) is 58.1 Å². The maximum atomic E-state index is 12.1. The first kappa shape index (κ1) is 16.4. The Morgan fingerprint density at radius 3 is 2.50 bits per heavy atom. The fraction of sp³-hybridized carbons (Fsp3) is 0.667. The molecule has 1 heterocycles. The number of rotatable bonds is 8. The van der Waals surface area contributed by atoms with Crippen LogP contribution in [0.25, 0.3) is 0 Å². The number of nitrogens with one attached hydrogen (secondary N) is 1. The summed E-state index contributed by atoms with van der Waals surface area (Å²) in [6.07, 6.45) is 3.29. The molecule has 1 aromatic rings. The Morgan fingerprint density at radius 1 is 1.20 bits per heavy atom. The number of nitrogens with zero attached hydrogens (tertiary/aromatic N) is 3. The zero-order valence-electron chi connectivity index (χ0n) is 13.1. The van der Waals surface area contributed by atoms with Crippen molar-refractivity contribution in [3.05, 3.63) is 17.5 Å². The van der Waals surface area contributed by atoms with Crippen molar-refractivity contribution < 1.29 is 4.79 Å². The molecular weight excluding hydrogens is 252 g/mol. The molecule has 0 unspecified atom stereocenters. The second-order valence-corrected chi connectivity index (χ2v) is 4.83. The van der Waals surface area contributed by atoms with Crippen LogP contribution in [-0.4, -0.2) is 35.5 Å². The lowest BCUT2D eigenvalue weighted by molar-refractivity contribution is 0.0947. The molecule has 5 nitrogen and oxygen atoms in total. The normalized spacial score (nSPS) is 10.4. The standard InChI is InChI=1S/C15H26N4O/c1-5-8-9-10-16-14(20)13-11-12(4)17-15(18-13)19(6-2)7-3/h11H,5-10H2,1-4H3,(H,16,20). The molecule has 5 heteroatoms. The van der Waals surface area contributed by atoms with Crippen molar-refractivity contribution in [2.24, 2.45) is 0 Å². The summed E-state index contributed by atoms with van der Waals surface area (Å²) in [7, 11) is 0. The second kappa shape index (κ2) is 8.51. The fourth-order valence-electron chi connectivity index (χ4n) is 1.98. The summed E-state index contributed by atoms with van der Waals surface area (Å²) in [4.78, 5) is 22.9. The van der Waals surface area contributed by atoms with Gasteiger partial charge in [0.1, 0.15) is 5.69 Å². The third kappa shape index (κ3) is 4.79. The minimum atomic E-state index is -0.111. The maximum Gasteiger partial charge on any atom is 0.270 e. The van der Waals surface area contributed by atoms with Gasteiger partial charge in [-0.15, -0.1) is 0 Å². The molecule has 1 amide bonds. The largest absolute Gasteiger partial charge is 0.351 e. The van der Waals surface area contributed by atoms with Crippen LogP contribution in [0.1, 0.15) is 56.2 Å². The van der Waals surface area contributed by atoms with Gasteiger partial charge in [0.2, 0.25) is 5.95 Å². The summed E-state index contributed by atoms with van der Waals surface area (Å²) in [5, 5.41) is 2.92. The third-order valence-corrected chi connectivity index (χ3v) is 3.19.